The third kappa shape index (κ3) is 1.42. The molecule has 2 aromatic rings. The highest BCUT2D eigenvalue weighted by Gasteiger charge is 2.30. The van der Waals surface area contributed by atoms with E-state index >= 15 is 0 Å². The number of hydrogen-bond acceptors (Lipinski definition) is 2. The molecule has 1 aliphatic rings. The summed E-state index contributed by atoms with van der Waals surface area (Å²) in [5.41, 5.74) is 8.24. The van der Waals surface area contributed by atoms with Gasteiger partial charge in [-0.2, -0.15) is 0 Å². The molecule has 0 atom stereocenters. The molecule has 1 amide bonds. The van der Waals surface area contributed by atoms with Gasteiger partial charge in [0, 0.05) is 15.6 Å². The number of carbonyl (C=O) groups is 2. The Balaban J connectivity index is 2.41. The van der Waals surface area contributed by atoms with Crippen LogP contribution in [0.1, 0.15) is 26.3 Å². The topological polar surface area (TPSA) is 60.2 Å². The standard InChI is InChI=1S/C14H8BrNO2/c15-7-5-10-8-3-1-2-4-9(8)13(17)12(10)11(6-7)14(16)18/h1-6H,(H2,16,18). The van der Waals surface area contributed by atoms with Gasteiger partial charge in [-0.15, -0.1) is 0 Å². The number of amides is 1. The maximum atomic E-state index is 12.3. The van der Waals surface area contributed by atoms with Crippen LogP contribution in [0.15, 0.2) is 40.9 Å². The highest BCUT2D eigenvalue weighted by atomic mass is 79.9. The molecule has 0 radical (unpaired) electrons. The largest absolute Gasteiger partial charge is 0.366 e. The first-order valence-electron chi connectivity index (χ1n) is 5.37. The molecule has 0 fully saturated rings. The van der Waals surface area contributed by atoms with Crippen molar-refractivity contribution >= 4 is 27.6 Å². The molecule has 3 nitrogen and oxygen atoms in total. The summed E-state index contributed by atoms with van der Waals surface area (Å²) in [5, 5.41) is 0. The van der Waals surface area contributed by atoms with Crippen LogP contribution in [0.5, 0.6) is 0 Å². The zero-order valence-electron chi connectivity index (χ0n) is 9.24. The van der Waals surface area contributed by atoms with Gasteiger partial charge in [0.1, 0.15) is 0 Å². The summed E-state index contributed by atoms with van der Waals surface area (Å²) >= 11 is 3.34. The van der Waals surface area contributed by atoms with Crippen molar-refractivity contribution in [3.05, 3.63) is 57.6 Å². The SMILES string of the molecule is NC(=O)c1cc(Br)cc2c1C(=O)c1ccccc1-2. The molecule has 0 unspecified atom stereocenters. The van der Waals surface area contributed by atoms with E-state index in [1.165, 1.54) is 0 Å². The van der Waals surface area contributed by atoms with Crippen LogP contribution in [-0.2, 0) is 0 Å². The monoisotopic (exact) mass is 301 g/mol. The van der Waals surface area contributed by atoms with E-state index in [4.69, 9.17) is 5.73 Å². The van der Waals surface area contributed by atoms with Gasteiger partial charge in [0.05, 0.1) is 5.56 Å². The molecule has 0 aromatic heterocycles. The predicted molar refractivity (Wildman–Crippen MR) is 71.5 cm³/mol. The normalized spacial score (nSPS) is 12.2. The Morgan fingerprint density at radius 1 is 1.06 bits per heavy atom. The van der Waals surface area contributed by atoms with Crippen LogP contribution in [0.25, 0.3) is 11.1 Å². The van der Waals surface area contributed by atoms with E-state index in [0.29, 0.717) is 11.1 Å². The quantitative estimate of drug-likeness (QED) is 0.751. The fourth-order valence-electron chi connectivity index (χ4n) is 2.31. The average Bonchev–Trinajstić information content (AvgIpc) is 2.63. The van der Waals surface area contributed by atoms with Crippen molar-refractivity contribution in [2.75, 3.05) is 0 Å². The first-order chi connectivity index (χ1) is 8.59. The highest BCUT2D eigenvalue weighted by molar-refractivity contribution is 9.10. The van der Waals surface area contributed by atoms with Gasteiger partial charge in [0.25, 0.3) is 0 Å². The lowest BCUT2D eigenvalue weighted by Crippen LogP contribution is -2.15. The Morgan fingerprint density at radius 3 is 2.39 bits per heavy atom. The smallest absolute Gasteiger partial charge is 0.249 e. The summed E-state index contributed by atoms with van der Waals surface area (Å²) in [5.74, 6) is -0.726. The van der Waals surface area contributed by atoms with E-state index in [1.807, 2.05) is 24.3 Å². The van der Waals surface area contributed by atoms with Gasteiger partial charge in [-0.1, -0.05) is 40.2 Å². The molecule has 3 rings (SSSR count). The lowest BCUT2D eigenvalue weighted by atomic mass is 10.0. The van der Waals surface area contributed by atoms with Gasteiger partial charge in [-0.05, 0) is 23.3 Å². The minimum absolute atomic E-state index is 0.137. The number of halogens is 1. The van der Waals surface area contributed by atoms with Gasteiger partial charge in [0.15, 0.2) is 5.78 Å². The van der Waals surface area contributed by atoms with Crippen LogP contribution in [0.4, 0.5) is 0 Å². The predicted octanol–water partition coefficient (Wildman–Crippen LogP) is 2.76. The molecule has 0 heterocycles. The Labute approximate surface area is 112 Å². The second-order valence-electron chi connectivity index (χ2n) is 4.11. The molecule has 2 N–H and O–H groups in total. The number of ketones is 1. The van der Waals surface area contributed by atoms with Crippen LogP contribution in [-0.4, -0.2) is 11.7 Å². The van der Waals surface area contributed by atoms with Crippen molar-refractivity contribution in [3.63, 3.8) is 0 Å². The summed E-state index contributed by atoms with van der Waals surface area (Å²) in [6, 6.07) is 10.7. The van der Waals surface area contributed by atoms with Crippen molar-refractivity contribution in [2.24, 2.45) is 5.73 Å². The van der Waals surface area contributed by atoms with Gasteiger partial charge in [0.2, 0.25) is 5.91 Å². The van der Waals surface area contributed by atoms with Crippen LogP contribution in [0.2, 0.25) is 0 Å². The van der Waals surface area contributed by atoms with E-state index in [9.17, 15) is 9.59 Å². The van der Waals surface area contributed by atoms with Crippen LogP contribution < -0.4 is 5.73 Å². The Morgan fingerprint density at radius 2 is 1.72 bits per heavy atom. The highest BCUT2D eigenvalue weighted by Crippen LogP contribution is 2.39. The third-order valence-electron chi connectivity index (χ3n) is 3.06. The zero-order valence-corrected chi connectivity index (χ0v) is 10.8. The Hall–Kier alpha value is -1.94. The molecule has 4 heteroatoms. The summed E-state index contributed by atoms with van der Waals surface area (Å²) in [4.78, 5) is 23.8. The minimum atomic E-state index is -0.589. The number of carbonyl (C=O) groups excluding carboxylic acids is 2. The Kier molecular flexibility index (Phi) is 2.35. The summed E-state index contributed by atoms with van der Waals surface area (Å²) in [7, 11) is 0. The first-order valence-corrected chi connectivity index (χ1v) is 6.16. The molecular formula is C14H8BrNO2. The van der Waals surface area contributed by atoms with E-state index in [-0.39, 0.29) is 11.3 Å². The number of primary amides is 1. The van der Waals surface area contributed by atoms with Crippen molar-refractivity contribution in [2.45, 2.75) is 0 Å². The number of benzene rings is 2. The molecule has 0 spiro atoms. The molecule has 0 bridgehead atoms. The van der Waals surface area contributed by atoms with Gasteiger partial charge >= 0.3 is 0 Å². The van der Waals surface area contributed by atoms with Crippen molar-refractivity contribution in [3.8, 4) is 11.1 Å². The van der Waals surface area contributed by atoms with E-state index < -0.39 is 5.91 Å². The van der Waals surface area contributed by atoms with Crippen LogP contribution >= 0.6 is 15.9 Å². The molecular weight excluding hydrogens is 294 g/mol. The van der Waals surface area contributed by atoms with E-state index in [0.717, 1.165) is 15.6 Å². The van der Waals surface area contributed by atoms with Crippen molar-refractivity contribution in [1.29, 1.82) is 0 Å². The summed E-state index contributed by atoms with van der Waals surface area (Å²) in [6.07, 6.45) is 0. The van der Waals surface area contributed by atoms with Gasteiger partial charge in [-0.3, -0.25) is 9.59 Å². The first kappa shape index (κ1) is 11.2. The van der Waals surface area contributed by atoms with Crippen LogP contribution in [0, 0.1) is 0 Å². The maximum absolute atomic E-state index is 12.3. The van der Waals surface area contributed by atoms with E-state index in [1.54, 1.807) is 12.1 Å². The Bertz CT molecular complexity index is 707. The fraction of sp³-hybridized carbons (Fsp3) is 0. The molecule has 88 valence electrons. The van der Waals surface area contributed by atoms with Crippen LogP contribution in [0.3, 0.4) is 0 Å². The second kappa shape index (κ2) is 3.78. The lowest BCUT2D eigenvalue weighted by Gasteiger charge is -2.05. The van der Waals surface area contributed by atoms with Gasteiger partial charge in [-0.25, -0.2) is 0 Å². The molecule has 0 aliphatic heterocycles. The number of fused-ring (bicyclic) bond motifs is 3. The summed E-state index contributed by atoms with van der Waals surface area (Å²) in [6.45, 7) is 0. The third-order valence-corrected chi connectivity index (χ3v) is 3.52. The summed E-state index contributed by atoms with van der Waals surface area (Å²) < 4.78 is 0.736. The lowest BCUT2D eigenvalue weighted by molar-refractivity contribution is 0.0982. The molecule has 2 aromatic carbocycles. The zero-order chi connectivity index (χ0) is 12.9. The van der Waals surface area contributed by atoms with Crippen molar-refractivity contribution < 1.29 is 9.59 Å². The average molecular weight is 302 g/mol. The fourth-order valence-corrected chi connectivity index (χ4v) is 2.77. The maximum Gasteiger partial charge on any atom is 0.249 e. The molecule has 1 aliphatic carbocycles. The minimum Gasteiger partial charge on any atom is -0.366 e. The number of nitrogens with two attached hydrogens (primary N) is 1. The molecule has 0 saturated heterocycles. The molecule has 0 saturated carbocycles. The van der Waals surface area contributed by atoms with Crippen molar-refractivity contribution in [1.82, 2.24) is 0 Å². The van der Waals surface area contributed by atoms with Gasteiger partial charge < -0.3 is 5.73 Å². The number of rotatable bonds is 1. The number of hydrogen-bond donors (Lipinski definition) is 1. The second-order valence-corrected chi connectivity index (χ2v) is 5.03. The molecule has 18 heavy (non-hydrogen) atoms. The van der Waals surface area contributed by atoms with E-state index in [2.05, 4.69) is 15.9 Å².